The molecule has 3 aromatic carbocycles. The van der Waals surface area contributed by atoms with Gasteiger partial charge in [0.05, 0.1) is 6.61 Å². The molecule has 3 aromatic rings. The number of carbonyl (C=O) groups excluding carboxylic acids is 1. The summed E-state index contributed by atoms with van der Waals surface area (Å²) < 4.78 is 11.6. The van der Waals surface area contributed by atoms with Gasteiger partial charge in [0.25, 0.3) is 0 Å². The molecule has 0 aromatic heterocycles. The van der Waals surface area contributed by atoms with Crippen molar-refractivity contribution in [3.63, 3.8) is 0 Å². The third kappa shape index (κ3) is 9.42. The smallest absolute Gasteiger partial charge is 0.322 e. The summed E-state index contributed by atoms with van der Waals surface area (Å²) in [6, 6.07) is 25.6. The van der Waals surface area contributed by atoms with E-state index in [0.717, 1.165) is 60.8 Å². The van der Waals surface area contributed by atoms with E-state index in [1.165, 1.54) is 0 Å². The maximum atomic E-state index is 13.5. The van der Waals surface area contributed by atoms with Crippen molar-refractivity contribution in [2.24, 2.45) is 0 Å². The van der Waals surface area contributed by atoms with E-state index < -0.39 is 0 Å². The number of nitrogens with one attached hydrogen (secondary N) is 1. The number of carbonyl (C=O) groups is 1. The van der Waals surface area contributed by atoms with Crippen molar-refractivity contribution in [2.75, 3.05) is 31.6 Å². The predicted octanol–water partition coefficient (Wildman–Crippen LogP) is 7.21. The molecule has 0 fully saturated rings. The number of urea groups is 1. The summed E-state index contributed by atoms with van der Waals surface area (Å²) in [5.74, 6) is 1.59. The monoisotopic (exact) mass is 517 g/mol. The number of ether oxygens (including phenoxy) is 2. The fraction of sp³-hybridized carbons (Fsp3) is 0.406. The second-order valence-electron chi connectivity index (χ2n) is 9.46. The van der Waals surface area contributed by atoms with Gasteiger partial charge in [-0.1, -0.05) is 56.3 Å². The lowest BCUT2D eigenvalue weighted by Crippen LogP contribution is -2.41. The van der Waals surface area contributed by atoms with E-state index in [-0.39, 0.29) is 12.1 Å². The van der Waals surface area contributed by atoms with Gasteiger partial charge in [-0.25, -0.2) is 4.79 Å². The second kappa shape index (κ2) is 15.7. The van der Waals surface area contributed by atoms with Crippen LogP contribution in [0.1, 0.15) is 51.7 Å². The molecule has 1 unspecified atom stereocenters. The van der Waals surface area contributed by atoms with E-state index in [2.05, 4.69) is 49.2 Å². The van der Waals surface area contributed by atoms with Gasteiger partial charge in [0.1, 0.15) is 18.1 Å². The van der Waals surface area contributed by atoms with E-state index >= 15 is 0 Å². The summed E-state index contributed by atoms with van der Waals surface area (Å²) in [5, 5.41) is 3.09. The normalized spacial score (nSPS) is 11.7. The fourth-order valence-electron chi connectivity index (χ4n) is 4.40. The van der Waals surface area contributed by atoms with E-state index in [1.807, 2.05) is 72.5 Å². The van der Waals surface area contributed by atoms with Crippen LogP contribution in [0, 0.1) is 0 Å². The topological polar surface area (TPSA) is 54.0 Å². The highest BCUT2D eigenvalue weighted by molar-refractivity contribution is 5.89. The van der Waals surface area contributed by atoms with Gasteiger partial charge in [0.15, 0.2) is 0 Å². The lowest BCUT2D eigenvalue weighted by molar-refractivity contribution is 0.180. The Kier molecular flexibility index (Phi) is 12.0. The van der Waals surface area contributed by atoms with E-state index in [0.29, 0.717) is 19.8 Å². The third-order valence-corrected chi connectivity index (χ3v) is 6.70. The van der Waals surface area contributed by atoms with Gasteiger partial charge in [-0.15, -0.1) is 0 Å². The van der Waals surface area contributed by atoms with Crippen molar-refractivity contribution in [1.82, 2.24) is 9.80 Å². The molecule has 0 saturated carbocycles. The van der Waals surface area contributed by atoms with Crippen molar-refractivity contribution in [3.8, 4) is 11.5 Å². The van der Waals surface area contributed by atoms with Crippen LogP contribution in [0.3, 0.4) is 0 Å². The van der Waals surface area contributed by atoms with Gasteiger partial charge in [-0.05, 0) is 93.8 Å². The van der Waals surface area contributed by atoms with Crippen molar-refractivity contribution in [2.45, 2.75) is 59.7 Å². The first-order valence-electron chi connectivity index (χ1n) is 13.8. The van der Waals surface area contributed by atoms with Crippen LogP contribution in [-0.2, 0) is 13.2 Å². The predicted molar refractivity (Wildman–Crippen MR) is 156 cm³/mol. The zero-order chi connectivity index (χ0) is 27.2. The molecular weight excluding hydrogens is 474 g/mol. The van der Waals surface area contributed by atoms with Crippen LogP contribution in [0.25, 0.3) is 0 Å². The molecule has 0 heterocycles. The number of hydrogen-bond acceptors (Lipinski definition) is 4. The van der Waals surface area contributed by atoms with Crippen LogP contribution >= 0.6 is 0 Å². The van der Waals surface area contributed by atoms with Crippen LogP contribution in [0.15, 0.2) is 78.9 Å². The highest BCUT2D eigenvalue weighted by Gasteiger charge is 2.21. The fourth-order valence-corrected chi connectivity index (χ4v) is 4.40. The first-order chi connectivity index (χ1) is 18.5. The average molecular weight is 518 g/mol. The minimum atomic E-state index is -0.111. The lowest BCUT2D eigenvalue weighted by atomic mass is 10.1. The van der Waals surface area contributed by atoms with E-state index in [9.17, 15) is 4.79 Å². The van der Waals surface area contributed by atoms with Gasteiger partial charge in [0.2, 0.25) is 0 Å². The average Bonchev–Trinajstić information content (AvgIpc) is 2.95. The molecular formula is C32H43N3O3. The Morgan fingerprint density at radius 3 is 2.24 bits per heavy atom. The Morgan fingerprint density at radius 1 is 0.842 bits per heavy atom. The minimum Gasteiger partial charge on any atom is -0.494 e. The number of hydrogen-bond donors (Lipinski definition) is 1. The van der Waals surface area contributed by atoms with Crippen LogP contribution in [0.2, 0.25) is 0 Å². The molecule has 1 atom stereocenters. The number of anilines is 1. The highest BCUT2D eigenvalue weighted by atomic mass is 16.5. The molecule has 0 spiro atoms. The SMILES string of the molecule is CCOc1ccc(NC(=O)N(Cc2cccc(OCc3ccccc3)c2)C(C)CCCN(CC)CC)cc1. The molecule has 0 saturated heterocycles. The maximum absolute atomic E-state index is 13.5. The van der Waals surface area contributed by atoms with Crippen LogP contribution < -0.4 is 14.8 Å². The number of nitrogens with zero attached hydrogens (tertiary/aromatic N) is 2. The van der Waals surface area contributed by atoms with Crippen LogP contribution in [-0.4, -0.2) is 48.1 Å². The van der Waals surface area contributed by atoms with Crippen molar-refractivity contribution >= 4 is 11.7 Å². The Labute approximate surface area is 228 Å². The molecule has 6 heteroatoms. The van der Waals surface area contributed by atoms with Gasteiger partial charge >= 0.3 is 6.03 Å². The number of rotatable bonds is 15. The number of amides is 2. The van der Waals surface area contributed by atoms with Crippen molar-refractivity contribution < 1.29 is 14.3 Å². The molecule has 1 N–H and O–H groups in total. The summed E-state index contributed by atoms with van der Waals surface area (Å²) >= 11 is 0. The third-order valence-electron chi connectivity index (χ3n) is 6.70. The molecule has 2 amide bonds. The zero-order valence-electron chi connectivity index (χ0n) is 23.4. The van der Waals surface area contributed by atoms with Gasteiger partial charge in [-0.3, -0.25) is 0 Å². The van der Waals surface area contributed by atoms with Crippen LogP contribution in [0.5, 0.6) is 11.5 Å². The summed E-state index contributed by atoms with van der Waals surface area (Å²) in [6.45, 7) is 13.2. The first kappa shape index (κ1) is 29.1. The Balaban J connectivity index is 1.70. The zero-order valence-corrected chi connectivity index (χ0v) is 23.4. The molecule has 6 nitrogen and oxygen atoms in total. The molecule has 204 valence electrons. The van der Waals surface area contributed by atoms with Crippen LogP contribution in [0.4, 0.5) is 10.5 Å². The lowest BCUT2D eigenvalue weighted by Gasteiger charge is -2.30. The standard InChI is InChI=1S/C32H43N3O3/c1-5-34(6-2)22-12-13-26(4)35(32(36)33-29-18-20-30(21-19-29)37-7-3)24-28-16-11-17-31(23-28)38-25-27-14-9-8-10-15-27/h8-11,14-21,23,26H,5-7,12-13,22,24-25H2,1-4H3,(H,33,36). The van der Waals surface area contributed by atoms with E-state index in [4.69, 9.17) is 9.47 Å². The van der Waals surface area contributed by atoms with E-state index in [1.54, 1.807) is 0 Å². The molecule has 0 aliphatic rings. The Morgan fingerprint density at radius 2 is 1.55 bits per heavy atom. The Bertz CT molecular complexity index is 1080. The summed E-state index contributed by atoms with van der Waals surface area (Å²) in [5.41, 5.74) is 2.91. The molecule has 38 heavy (non-hydrogen) atoms. The minimum absolute atomic E-state index is 0.0714. The summed E-state index contributed by atoms with van der Waals surface area (Å²) in [4.78, 5) is 17.9. The Hall–Kier alpha value is -3.51. The maximum Gasteiger partial charge on any atom is 0.322 e. The highest BCUT2D eigenvalue weighted by Crippen LogP contribution is 2.21. The molecule has 0 bridgehead atoms. The van der Waals surface area contributed by atoms with Crippen molar-refractivity contribution in [1.29, 1.82) is 0 Å². The second-order valence-corrected chi connectivity index (χ2v) is 9.46. The quantitative estimate of drug-likeness (QED) is 0.231. The summed E-state index contributed by atoms with van der Waals surface area (Å²) in [6.07, 6.45) is 1.97. The van der Waals surface area contributed by atoms with Gasteiger partial charge in [0, 0.05) is 18.3 Å². The number of benzene rings is 3. The largest absolute Gasteiger partial charge is 0.494 e. The summed E-state index contributed by atoms with van der Waals surface area (Å²) in [7, 11) is 0. The molecule has 0 radical (unpaired) electrons. The molecule has 0 aliphatic carbocycles. The molecule has 3 rings (SSSR count). The molecule has 0 aliphatic heterocycles. The van der Waals surface area contributed by atoms with Gasteiger partial charge < -0.3 is 24.6 Å². The van der Waals surface area contributed by atoms with Gasteiger partial charge in [-0.2, -0.15) is 0 Å². The van der Waals surface area contributed by atoms with Crippen molar-refractivity contribution in [3.05, 3.63) is 90.0 Å². The first-order valence-corrected chi connectivity index (χ1v) is 13.8.